The van der Waals surface area contributed by atoms with Gasteiger partial charge in [-0.05, 0) is 24.3 Å². The predicted octanol–water partition coefficient (Wildman–Crippen LogP) is 4.24. The molecule has 1 heterocycles. The lowest BCUT2D eigenvalue weighted by Gasteiger charge is -2.20. The van der Waals surface area contributed by atoms with Crippen molar-refractivity contribution in [2.75, 3.05) is 18.5 Å². The summed E-state index contributed by atoms with van der Waals surface area (Å²) in [5.74, 6) is 0.864. The first-order valence-corrected chi connectivity index (χ1v) is 8.24. The van der Waals surface area contributed by atoms with E-state index in [9.17, 15) is 0 Å². The van der Waals surface area contributed by atoms with Crippen LogP contribution >= 0.6 is 11.6 Å². The third-order valence-electron chi connectivity index (χ3n) is 4.49. The first kappa shape index (κ1) is 13.9. The second-order valence-electron chi connectivity index (χ2n) is 6.23. The van der Waals surface area contributed by atoms with Gasteiger partial charge in [-0.2, -0.15) is 0 Å². The van der Waals surface area contributed by atoms with E-state index < -0.39 is 0 Å². The molecular formula is C18H20ClN2O+. The maximum Gasteiger partial charge on any atom is 0.153 e. The summed E-state index contributed by atoms with van der Waals surface area (Å²) in [6, 6.07) is 16.8. The van der Waals surface area contributed by atoms with Crippen LogP contribution in [-0.4, -0.2) is 23.7 Å². The van der Waals surface area contributed by atoms with E-state index in [-0.39, 0.29) is 0 Å². The normalized spacial score (nSPS) is 18.8. The zero-order chi connectivity index (χ0) is 15.0. The molecule has 2 aromatic rings. The number of rotatable bonds is 6. The van der Waals surface area contributed by atoms with Gasteiger partial charge in [-0.3, -0.25) is 0 Å². The van der Waals surface area contributed by atoms with E-state index in [0.29, 0.717) is 6.61 Å². The van der Waals surface area contributed by atoms with Crippen LogP contribution in [0.2, 0.25) is 5.02 Å². The zero-order valence-electron chi connectivity index (χ0n) is 12.5. The summed E-state index contributed by atoms with van der Waals surface area (Å²) in [4.78, 5) is 0. The number of nitrogens with one attached hydrogen (secondary N) is 1. The van der Waals surface area contributed by atoms with Crippen LogP contribution in [0.4, 0.5) is 5.69 Å². The number of benzene rings is 2. The third kappa shape index (κ3) is 2.92. The summed E-state index contributed by atoms with van der Waals surface area (Å²) in [5.41, 5.74) is 5.77. The topological polar surface area (TPSA) is 21.3 Å². The van der Waals surface area contributed by atoms with Crippen molar-refractivity contribution in [2.24, 2.45) is 0 Å². The van der Waals surface area contributed by atoms with Crippen molar-refractivity contribution in [3.8, 4) is 5.75 Å². The molecule has 1 aliphatic heterocycles. The Hall–Kier alpha value is -1.71. The molecule has 0 spiro atoms. The predicted molar refractivity (Wildman–Crippen MR) is 88.9 cm³/mol. The Labute approximate surface area is 136 Å². The Balaban J connectivity index is 1.41. The molecule has 1 saturated carbocycles. The van der Waals surface area contributed by atoms with Crippen molar-refractivity contribution < 1.29 is 9.33 Å². The van der Waals surface area contributed by atoms with E-state index in [2.05, 4.69) is 17.6 Å². The lowest BCUT2D eigenvalue weighted by atomic mass is 10.2. The third-order valence-corrected chi connectivity index (χ3v) is 4.85. The minimum Gasteiger partial charge on any atom is -0.489 e. The smallest absolute Gasteiger partial charge is 0.153 e. The molecule has 0 unspecified atom stereocenters. The van der Waals surface area contributed by atoms with E-state index >= 15 is 0 Å². The van der Waals surface area contributed by atoms with Gasteiger partial charge in [-0.1, -0.05) is 35.9 Å². The summed E-state index contributed by atoms with van der Waals surface area (Å²) in [6.07, 6.45) is 2.70. The molecule has 0 bridgehead atoms. The zero-order valence-corrected chi connectivity index (χ0v) is 13.2. The van der Waals surface area contributed by atoms with Crippen molar-refractivity contribution in [3.63, 3.8) is 0 Å². The van der Waals surface area contributed by atoms with Gasteiger partial charge in [0.15, 0.2) is 13.1 Å². The van der Waals surface area contributed by atoms with Gasteiger partial charge in [-0.15, -0.1) is 0 Å². The minimum atomic E-state index is 0.492. The van der Waals surface area contributed by atoms with E-state index in [4.69, 9.17) is 16.3 Å². The van der Waals surface area contributed by atoms with E-state index in [1.807, 2.05) is 36.4 Å². The number of hydrogen-bond acceptors (Lipinski definition) is 2. The van der Waals surface area contributed by atoms with Gasteiger partial charge in [0, 0.05) is 23.4 Å². The molecule has 2 fully saturated rings. The van der Waals surface area contributed by atoms with Gasteiger partial charge in [-0.25, -0.2) is 10.0 Å². The summed E-state index contributed by atoms with van der Waals surface area (Å²) in [5, 5.41) is 0.761. The standard InChI is InChI=1S/C18H20ClN2O/c19-18-12-15(20-21(10-11-21)16-8-9-16)7-6-14(18)13-22-17-4-2-1-3-5-17/h1-7,12,16,20H,8-11,13H2/q+1. The SMILES string of the molecule is Clc1cc(N[N+]2(C3CC3)CC2)ccc1COc1ccccc1. The molecular weight excluding hydrogens is 296 g/mol. The molecule has 4 heteroatoms. The first-order chi connectivity index (χ1) is 10.8. The van der Waals surface area contributed by atoms with Crippen LogP contribution in [0.25, 0.3) is 0 Å². The minimum absolute atomic E-state index is 0.492. The van der Waals surface area contributed by atoms with Gasteiger partial charge in [0.1, 0.15) is 18.4 Å². The highest BCUT2D eigenvalue weighted by molar-refractivity contribution is 6.31. The van der Waals surface area contributed by atoms with Gasteiger partial charge >= 0.3 is 0 Å². The van der Waals surface area contributed by atoms with E-state index in [1.54, 1.807) is 0 Å². The summed E-state index contributed by atoms with van der Waals surface area (Å²) >= 11 is 6.41. The molecule has 2 aliphatic rings. The first-order valence-electron chi connectivity index (χ1n) is 7.86. The van der Waals surface area contributed by atoms with Crippen LogP contribution in [0.3, 0.4) is 0 Å². The van der Waals surface area contributed by atoms with Crippen molar-refractivity contribution in [3.05, 3.63) is 59.1 Å². The Morgan fingerprint density at radius 2 is 1.86 bits per heavy atom. The number of para-hydroxylation sites is 1. The summed E-state index contributed by atoms with van der Waals surface area (Å²) in [6.45, 7) is 2.97. The van der Waals surface area contributed by atoms with Crippen molar-refractivity contribution in [1.82, 2.24) is 0 Å². The fraction of sp³-hybridized carbons (Fsp3) is 0.333. The van der Waals surface area contributed by atoms with Crippen LogP contribution in [0.1, 0.15) is 18.4 Å². The average Bonchev–Trinajstić information content (AvgIpc) is 3.41. The molecule has 22 heavy (non-hydrogen) atoms. The van der Waals surface area contributed by atoms with Crippen molar-refractivity contribution >= 4 is 17.3 Å². The maximum absolute atomic E-state index is 6.41. The van der Waals surface area contributed by atoms with Crippen LogP contribution < -0.4 is 10.2 Å². The van der Waals surface area contributed by atoms with Crippen LogP contribution in [-0.2, 0) is 6.61 Å². The molecule has 1 aliphatic carbocycles. The Morgan fingerprint density at radius 1 is 1.09 bits per heavy atom. The van der Waals surface area contributed by atoms with Gasteiger partial charge in [0.2, 0.25) is 0 Å². The molecule has 4 rings (SSSR count). The molecule has 1 N–H and O–H groups in total. The van der Waals surface area contributed by atoms with Crippen molar-refractivity contribution in [2.45, 2.75) is 25.5 Å². The fourth-order valence-electron chi connectivity index (χ4n) is 2.91. The largest absolute Gasteiger partial charge is 0.489 e. The average molecular weight is 316 g/mol. The number of hydrogen-bond donors (Lipinski definition) is 1. The quantitative estimate of drug-likeness (QED) is 0.636. The monoisotopic (exact) mass is 315 g/mol. The van der Waals surface area contributed by atoms with Gasteiger partial charge in [0.05, 0.1) is 5.69 Å². The molecule has 3 nitrogen and oxygen atoms in total. The Kier molecular flexibility index (Phi) is 3.47. The summed E-state index contributed by atoms with van der Waals surface area (Å²) in [7, 11) is 0. The molecule has 0 atom stereocenters. The fourth-order valence-corrected chi connectivity index (χ4v) is 3.15. The highest BCUT2D eigenvalue weighted by Crippen LogP contribution is 2.41. The molecule has 0 aromatic heterocycles. The van der Waals surface area contributed by atoms with Crippen molar-refractivity contribution in [1.29, 1.82) is 0 Å². The lowest BCUT2D eigenvalue weighted by molar-refractivity contribution is -0.787. The Bertz CT molecular complexity index is 666. The van der Waals surface area contributed by atoms with Crippen LogP contribution in [0, 0.1) is 0 Å². The van der Waals surface area contributed by atoms with E-state index in [1.165, 1.54) is 25.9 Å². The number of nitrogens with zero attached hydrogens (tertiary/aromatic N) is 1. The van der Waals surface area contributed by atoms with Crippen LogP contribution in [0.15, 0.2) is 48.5 Å². The molecule has 2 aromatic carbocycles. The number of halogens is 1. The molecule has 1 saturated heterocycles. The summed E-state index contributed by atoms with van der Waals surface area (Å²) < 4.78 is 6.82. The number of ether oxygens (including phenoxy) is 1. The lowest BCUT2D eigenvalue weighted by Crippen LogP contribution is -2.34. The molecule has 0 amide bonds. The van der Waals surface area contributed by atoms with Gasteiger partial charge < -0.3 is 4.74 Å². The second-order valence-corrected chi connectivity index (χ2v) is 6.64. The highest BCUT2D eigenvalue weighted by Gasteiger charge is 2.55. The Morgan fingerprint density at radius 3 is 2.50 bits per heavy atom. The van der Waals surface area contributed by atoms with Gasteiger partial charge in [0.25, 0.3) is 0 Å². The molecule has 0 radical (unpaired) electrons. The van der Waals surface area contributed by atoms with Crippen LogP contribution in [0.5, 0.6) is 5.75 Å². The maximum atomic E-state index is 6.41. The highest BCUT2D eigenvalue weighted by atomic mass is 35.5. The second kappa shape index (κ2) is 5.49. The number of quaternary nitrogens is 1. The molecule has 114 valence electrons. The number of anilines is 1. The van der Waals surface area contributed by atoms with E-state index in [0.717, 1.165) is 32.7 Å².